The average Bonchev–Trinajstić information content (AvgIpc) is 3.08. The van der Waals surface area contributed by atoms with Crippen molar-refractivity contribution in [1.82, 2.24) is 15.2 Å². The largest absolute Gasteiger partial charge is 0.262 e. The van der Waals surface area contributed by atoms with E-state index in [-0.39, 0.29) is 10.7 Å². The van der Waals surface area contributed by atoms with Crippen molar-refractivity contribution in [2.75, 3.05) is 0 Å². The van der Waals surface area contributed by atoms with Gasteiger partial charge in [0.05, 0.1) is 5.25 Å². The lowest BCUT2D eigenvalue weighted by Gasteiger charge is -2.33. The van der Waals surface area contributed by atoms with Crippen LogP contribution in [0.15, 0.2) is 71.9 Å². The van der Waals surface area contributed by atoms with Gasteiger partial charge in [-0.3, -0.25) is 5.10 Å². The van der Waals surface area contributed by atoms with E-state index >= 15 is 0 Å². The summed E-state index contributed by atoms with van der Waals surface area (Å²) in [5.74, 6) is 0.905. The van der Waals surface area contributed by atoms with Crippen LogP contribution >= 0.6 is 11.8 Å². The molecule has 0 bridgehead atoms. The van der Waals surface area contributed by atoms with Gasteiger partial charge in [0.15, 0.2) is 0 Å². The molecule has 1 heterocycles. The summed E-state index contributed by atoms with van der Waals surface area (Å²) in [6.45, 7) is 4.51. The molecule has 112 valence electrons. The van der Waals surface area contributed by atoms with Crippen LogP contribution in [0, 0.1) is 0 Å². The first-order valence-corrected chi connectivity index (χ1v) is 8.18. The van der Waals surface area contributed by atoms with Crippen LogP contribution < -0.4 is 0 Å². The predicted octanol–water partition coefficient (Wildman–Crippen LogP) is 4.62. The molecule has 1 atom stereocenters. The van der Waals surface area contributed by atoms with E-state index in [0.29, 0.717) is 0 Å². The average molecular weight is 309 g/mol. The Kier molecular flexibility index (Phi) is 4.29. The van der Waals surface area contributed by atoms with E-state index < -0.39 is 0 Å². The number of hydrogen-bond donors (Lipinski definition) is 1. The first-order valence-electron chi connectivity index (χ1n) is 7.30. The number of H-pyrrole nitrogens is 1. The number of nitrogens with one attached hydrogen (secondary N) is 1. The molecule has 0 fully saturated rings. The highest BCUT2D eigenvalue weighted by molar-refractivity contribution is 7.99. The summed E-state index contributed by atoms with van der Waals surface area (Å²) in [5, 5.41) is 7.25. The number of benzene rings is 2. The van der Waals surface area contributed by atoms with Crippen molar-refractivity contribution in [2.24, 2.45) is 0 Å². The molecule has 3 aromatic rings. The second-order valence-electron chi connectivity index (χ2n) is 5.77. The van der Waals surface area contributed by atoms with Gasteiger partial charge in [-0.15, -0.1) is 11.8 Å². The number of aromatic amines is 1. The summed E-state index contributed by atoms with van der Waals surface area (Å²) in [4.78, 5) is 5.65. The minimum atomic E-state index is -0.0820. The number of hydrogen-bond acceptors (Lipinski definition) is 3. The Hall–Kier alpha value is -2.07. The first kappa shape index (κ1) is 14.9. The molecular weight excluding hydrogens is 290 g/mol. The minimum absolute atomic E-state index is 0.0820. The van der Waals surface area contributed by atoms with E-state index in [4.69, 9.17) is 0 Å². The van der Waals surface area contributed by atoms with Crippen LogP contribution in [0.25, 0.3) is 0 Å². The van der Waals surface area contributed by atoms with Crippen LogP contribution in [0.2, 0.25) is 0 Å². The molecule has 1 N–H and O–H groups in total. The number of aromatic nitrogens is 3. The van der Waals surface area contributed by atoms with Crippen molar-refractivity contribution in [3.05, 3.63) is 78.4 Å². The van der Waals surface area contributed by atoms with Gasteiger partial charge in [-0.05, 0) is 17.7 Å². The Balaban J connectivity index is 1.99. The summed E-state index contributed by atoms with van der Waals surface area (Å²) in [6, 6.07) is 21.0. The maximum atomic E-state index is 4.42. The fourth-order valence-electron chi connectivity index (χ4n) is 2.54. The highest BCUT2D eigenvalue weighted by Gasteiger charge is 2.35. The summed E-state index contributed by atoms with van der Waals surface area (Å²) in [5.41, 5.74) is 1.21. The van der Waals surface area contributed by atoms with Gasteiger partial charge in [0.25, 0.3) is 0 Å². The quantitative estimate of drug-likeness (QED) is 0.699. The summed E-state index contributed by atoms with van der Waals surface area (Å²) >= 11 is 1.81. The SMILES string of the molecule is CC(C)(c1ccccc1)C(Sc1ccccc1)c1ncn[nH]1. The standard InChI is InChI=1S/C18H19N3S/c1-18(2,14-9-5-3-6-10-14)16(17-19-13-20-21-17)22-15-11-7-4-8-12-15/h3-13,16H,1-2H3,(H,19,20,21). The molecular formula is C18H19N3S. The molecule has 0 aliphatic rings. The molecule has 0 saturated heterocycles. The molecule has 0 amide bonds. The number of thioether (sulfide) groups is 1. The molecule has 0 radical (unpaired) electrons. The Morgan fingerprint density at radius 1 is 0.955 bits per heavy atom. The van der Waals surface area contributed by atoms with Gasteiger partial charge < -0.3 is 0 Å². The third-order valence-corrected chi connectivity index (χ3v) is 5.44. The van der Waals surface area contributed by atoms with Gasteiger partial charge in [0.1, 0.15) is 12.2 Å². The highest BCUT2D eigenvalue weighted by atomic mass is 32.2. The molecule has 3 rings (SSSR count). The zero-order chi connectivity index (χ0) is 15.4. The van der Waals surface area contributed by atoms with Crippen LogP contribution in [-0.4, -0.2) is 15.2 Å². The second-order valence-corrected chi connectivity index (χ2v) is 6.95. The van der Waals surface area contributed by atoms with E-state index in [2.05, 4.69) is 77.6 Å². The van der Waals surface area contributed by atoms with E-state index in [0.717, 1.165) is 5.82 Å². The lowest BCUT2D eigenvalue weighted by molar-refractivity contribution is 0.496. The van der Waals surface area contributed by atoms with Gasteiger partial charge in [-0.25, -0.2) is 4.98 Å². The van der Waals surface area contributed by atoms with Crippen LogP contribution in [0.4, 0.5) is 0 Å². The Labute approximate surface area is 135 Å². The summed E-state index contributed by atoms with van der Waals surface area (Å²) < 4.78 is 0. The van der Waals surface area contributed by atoms with Crippen molar-refractivity contribution < 1.29 is 0 Å². The van der Waals surface area contributed by atoms with Crippen molar-refractivity contribution in [3.8, 4) is 0 Å². The predicted molar refractivity (Wildman–Crippen MR) is 90.9 cm³/mol. The maximum Gasteiger partial charge on any atom is 0.138 e. The zero-order valence-corrected chi connectivity index (χ0v) is 13.5. The van der Waals surface area contributed by atoms with Gasteiger partial charge in [-0.1, -0.05) is 62.4 Å². The Morgan fingerprint density at radius 3 is 2.18 bits per heavy atom. The van der Waals surface area contributed by atoms with E-state index in [9.17, 15) is 0 Å². The summed E-state index contributed by atoms with van der Waals surface area (Å²) in [7, 11) is 0. The molecule has 4 heteroatoms. The van der Waals surface area contributed by atoms with E-state index in [1.807, 2.05) is 23.9 Å². The van der Waals surface area contributed by atoms with Gasteiger partial charge >= 0.3 is 0 Å². The maximum absolute atomic E-state index is 4.42. The fourth-order valence-corrected chi connectivity index (χ4v) is 3.78. The molecule has 2 aromatic carbocycles. The lowest BCUT2D eigenvalue weighted by atomic mass is 9.81. The van der Waals surface area contributed by atoms with Crippen LogP contribution in [0.1, 0.15) is 30.5 Å². The topological polar surface area (TPSA) is 41.6 Å². The number of nitrogens with zero attached hydrogens (tertiary/aromatic N) is 2. The number of rotatable bonds is 5. The molecule has 3 nitrogen and oxygen atoms in total. The normalized spacial score (nSPS) is 13.0. The monoisotopic (exact) mass is 309 g/mol. The van der Waals surface area contributed by atoms with E-state index in [1.165, 1.54) is 10.5 Å². The van der Waals surface area contributed by atoms with Crippen molar-refractivity contribution in [2.45, 2.75) is 29.4 Å². The minimum Gasteiger partial charge on any atom is -0.262 e. The molecule has 0 aliphatic carbocycles. The smallest absolute Gasteiger partial charge is 0.138 e. The molecule has 0 spiro atoms. The van der Waals surface area contributed by atoms with Gasteiger partial charge in [0.2, 0.25) is 0 Å². The Morgan fingerprint density at radius 2 is 1.59 bits per heavy atom. The molecule has 0 aliphatic heterocycles. The van der Waals surface area contributed by atoms with Crippen LogP contribution in [-0.2, 0) is 5.41 Å². The molecule has 1 aromatic heterocycles. The lowest BCUT2D eigenvalue weighted by Crippen LogP contribution is -2.25. The fraction of sp³-hybridized carbons (Fsp3) is 0.222. The first-order chi connectivity index (χ1) is 10.7. The van der Waals surface area contributed by atoms with E-state index in [1.54, 1.807) is 6.33 Å². The highest BCUT2D eigenvalue weighted by Crippen LogP contribution is 2.47. The van der Waals surface area contributed by atoms with Crippen LogP contribution in [0.5, 0.6) is 0 Å². The van der Waals surface area contributed by atoms with Crippen molar-refractivity contribution in [3.63, 3.8) is 0 Å². The van der Waals surface area contributed by atoms with Gasteiger partial charge in [0, 0.05) is 10.3 Å². The van der Waals surface area contributed by atoms with Gasteiger partial charge in [-0.2, -0.15) is 5.10 Å². The molecule has 1 unspecified atom stereocenters. The summed E-state index contributed by atoms with van der Waals surface area (Å²) in [6.07, 6.45) is 1.58. The third kappa shape index (κ3) is 3.07. The Bertz CT molecular complexity index is 694. The zero-order valence-electron chi connectivity index (χ0n) is 12.7. The van der Waals surface area contributed by atoms with Crippen molar-refractivity contribution in [1.29, 1.82) is 0 Å². The second kappa shape index (κ2) is 6.36. The molecule has 22 heavy (non-hydrogen) atoms. The molecule has 0 saturated carbocycles. The van der Waals surface area contributed by atoms with Crippen molar-refractivity contribution >= 4 is 11.8 Å². The third-order valence-electron chi connectivity index (χ3n) is 3.85. The van der Waals surface area contributed by atoms with Crippen LogP contribution in [0.3, 0.4) is 0 Å².